The van der Waals surface area contributed by atoms with Gasteiger partial charge in [0.2, 0.25) is 5.91 Å². The molecule has 1 aromatic rings. The van der Waals surface area contributed by atoms with E-state index in [2.05, 4.69) is 0 Å². The summed E-state index contributed by atoms with van der Waals surface area (Å²) in [4.78, 5) is 38.7. The van der Waals surface area contributed by atoms with Crippen LogP contribution in [0, 0.1) is 5.92 Å². The van der Waals surface area contributed by atoms with Crippen molar-refractivity contribution < 1.29 is 28.6 Å². The number of benzene rings is 1. The van der Waals surface area contributed by atoms with Gasteiger partial charge in [0.05, 0.1) is 5.92 Å². The predicted molar refractivity (Wildman–Crippen MR) is 94.8 cm³/mol. The molecule has 1 amide bonds. The van der Waals surface area contributed by atoms with Gasteiger partial charge in [-0.3, -0.25) is 14.4 Å². The van der Waals surface area contributed by atoms with E-state index in [9.17, 15) is 14.4 Å². The summed E-state index contributed by atoms with van der Waals surface area (Å²) in [7, 11) is 0. The molecule has 0 N–H and O–H groups in total. The Bertz CT molecular complexity index is 755. The first-order chi connectivity index (χ1) is 13.1. The fourth-order valence-electron chi connectivity index (χ4n) is 4.01. The van der Waals surface area contributed by atoms with Gasteiger partial charge >= 0.3 is 5.97 Å². The number of hydrogen-bond acceptors (Lipinski definition) is 6. The van der Waals surface area contributed by atoms with Gasteiger partial charge in [0, 0.05) is 24.6 Å². The number of esters is 1. The van der Waals surface area contributed by atoms with Crippen LogP contribution in [0.2, 0.25) is 0 Å². The first-order valence-electron chi connectivity index (χ1n) is 9.51. The van der Waals surface area contributed by atoms with Crippen molar-refractivity contribution in [3.63, 3.8) is 0 Å². The molecule has 1 aromatic carbocycles. The van der Waals surface area contributed by atoms with Crippen LogP contribution >= 0.6 is 0 Å². The van der Waals surface area contributed by atoms with Gasteiger partial charge in [0.1, 0.15) is 13.2 Å². The van der Waals surface area contributed by atoms with Crippen LogP contribution in [-0.4, -0.2) is 55.0 Å². The third-order valence-corrected chi connectivity index (χ3v) is 5.47. The van der Waals surface area contributed by atoms with Crippen molar-refractivity contribution in [2.75, 3.05) is 26.4 Å². The van der Waals surface area contributed by atoms with E-state index in [4.69, 9.17) is 14.2 Å². The molecule has 2 aliphatic heterocycles. The molecule has 2 heterocycles. The van der Waals surface area contributed by atoms with Gasteiger partial charge in [-0.1, -0.05) is 12.8 Å². The van der Waals surface area contributed by atoms with Crippen molar-refractivity contribution in [2.24, 2.45) is 5.92 Å². The maximum Gasteiger partial charge on any atom is 0.311 e. The highest BCUT2D eigenvalue weighted by molar-refractivity contribution is 5.99. The molecule has 0 spiro atoms. The van der Waals surface area contributed by atoms with Gasteiger partial charge in [-0.2, -0.15) is 0 Å². The van der Waals surface area contributed by atoms with Crippen molar-refractivity contribution >= 4 is 17.7 Å². The molecule has 0 radical (unpaired) electrons. The number of carbonyl (C=O) groups is 3. The molecule has 1 saturated heterocycles. The second kappa shape index (κ2) is 7.58. The number of carbonyl (C=O) groups excluding carboxylic acids is 3. The fourth-order valence-corrected chi connectivity index (χ4v) is 4.01. The van der Waals surface area contributed by atoms with Crippen LogP contribution in [0.5, 0.6) is 11.5 Å². The van der Waals surface area contributed by atoms with Crippen LogP contribution in [0.1, 0.15) is 42.5 Å². The minimum absolute atomic E-state index is 0.0158. The molecule has 0 bridgehead atoms. The summed E-state index contributed by atoms with van der Waals surface area (Å²) < 4.78 is 16.1. The predicted octanol–water partition coefficient (Wildman–Crippen LogP) is 1.97. The first-order valence-corrected chi connectivity index (χ1v) is 9.51. The van der Waals surface area contributed by atoms with Gasteiger partial charge in [-0.15, -0.1) is 0 Å². The monoisotopic (exact) mass is 373 g/mol. The normalized spacial score (nSPS) is 22.1. The lowest BCUT2D eigenvalue weighted by atomic mass is 10.1. The van der Waals surface area contributed by atoms with Gasteiger partial charge in [0.25, 0.3) is 0 Å². The van der Waals surface area contributed by atoms with Gasteiger partial charge in [-0.05, 0) is 31.0 Å². The minimum Gasteiger partial charge on any atom is -0.486 e. The van der Waals surface area contributed by atoms with Gasteiger partial charge in [-0.25, -0.2) is 0 Å². The maximum absolute atomic E-state index is 12.3. The van der Waals surface area contributed by atoms with E-state index in [0.717, 1.165) is 25.7 Å². The number of nitrogens with zero attached hydrogens (tertiary/aromatic N) is 1. The molecule has 1 saturated carbocycles. The lowest BCUT2D eigenvalue weighted by Gasteiger charge is -2.23. The van der Waals surface area contributed by atoms with E-state index in [-0.39, 0.29) is 30.8 Å². The van der Waals surface area contributed by atoms with Gasteiger partial charge < -0.3 is 19.1 Å². The Labute approximate surface area is 157 Å². The second-order valence-electron chi connectivity index (χ2n) is 7.27. The maximum atomic E-state index is 12.3. The number of amides is 1. The molecular weight excluding hydrogens is 350 g/mol. The first kappa shape index (κ1) is 17.8. The fraction of sp³-hybridized carbons (Fsp3) is 0.550. The Morgan fingerprint density at radius 1 is 1.11 bits per heavy atom. The second-order valence-corrected chi connectivity index (χ2v) is 7.27. The Kier molecular flexibility index (Phi) is 5.01. The highest BCUT2D eigenvalue weighted by Gasteiger charge is 2.39. The summed E-state index contributed by atoms with van der Waals surface area (Å²) >= 11 is 0. The molecule has 7 heteroatoms. The van der Waals surface area contributed by atoms with Crippen LogP contribution in [0.3, 0.4) is 0 Å². The minimum atomic E-state index is -0.480. The highest BCUT2D eigenvalue weighted by atomic mass is 16.6. The van der Waals surface area contributed by atoms with E-state index < -0.39 is 11.9 Å². The number of ketones is 1. The summed E-state index contributed by atoms with van der Waals surface area (Å²) in [6.45, 7) is 0.982. The molecule has 27 heavy (non-hydrogen) atoms. The quantitative estimate of drug-likeness (QED) is 0.580. The molecule has 2 fully saturated rings. The third-order valence-electron chi connectivity index (χ3n) is 5.47. The van der Waals surface area contributed by atoms with E-state index in [1.54, 1.807) is 18.2 Å². The summed E-state index contributed by atoms with van der Waals surface area (Å²) in [5.41, 5.74) is 0.405. The van der Waals surface area contributed by atoms with Crippen molar-refractivity contribution in [2.45, 2.75) is 38.1 Å². The summed E-state index contributed by atoms with van der Waals surface area (Å²) in [6, 6.07) is 5.17. The van der Waals surface area contributed by atoms with Crippen molar-refractivity contribution in [1.82, 2.24) is 4.90 Å². The largest absolute Gasteiger partial charge is 0.486 e. The number of Topliss-reactive ketones (excluding diaryl/α,β-unsaturated/α-hetero) is 1. The van der Waals surface area contributed by atoms with Crippen molar-refractivity contribution in [3.8, 4) is 11.5 Å². The Hall–Kier alpha value is -2.57. The molecule has 1 aliphatic carbocycles. The summed E-state index contributed by atoms with van der Waals surface area (Å²) in [5, 5.41) is 0. The average molecular weight is 373 g/mol. The van der Waals surface area contributed by atoms with Crippen LogP contribution < -0.4 is 9.47 Å². The van der Waals surface area contributed by atoms with Gasteiger partial charge in [0.15, 0.2) is 23.9 Å². The molecule has 4 rings (SSSR count). The Morgan fingerprint density at radius 3 is 2.63 bits per heavy atom. The van der Waals surface area contributed by atoms with E-state index in [0.29, 0.717) is 36.8 Å². The van der Waals surface area contributed by atoms with E-state index >= 15 is 0 Å². The number of fused-ring (bicyclic) bond motifs is 1. The lowest BCUT2D eigenvalue weighted by molar-refractivity contribution is -0.147. The topological polar surface area (TPSA) is 82.1 Å². The van der Waals surface area contributed by atoms with Crippen LogP contribution in [0.15, 0.2) is 18.2 Å². The van der Waals surface area contributed by atoms with Crippen LogP contribution in [0.25, 0.3) is 0 Å². The van der Waals surface area contributed by atoms with Crippen LogP contribution in [-0.2, 0) is 14.3 Å². The number of rotatable bonds is 5. The number of likely N-dealkylation sites (tertiary alicyclic amines) is 1. The molecule has 7 nitrogen and oxygen atoms in total. The summed E-state index contributed by atoms with van der Waals surface area (Å²) in [6.07, 6.45) is 4.46. The smallest absolute Gasteiger partial charge is 0.311 e. The summed E-state index contributed by atoms with van der Waals surface area (Å²) in [5.74, 6) is -0.126. The zero-order valence-corrected chi connectivity index (χ0v) is 15.1. The molecule has 3 aliphatic rings. The average Bonchev–Trinajstić information content (AvgIpc) is 3.35. The Morgan fingerprint density at radius 2 is 1.85 bits per heavy atom. The van der Waals surface area contributed by atoms with E-state index in [1.165, 1.54) is 0 Å². The number of ether oxygens (including phenoxy) is 3. The third kappa shape index (κ3) is 3.77. The molecular formula is C20H23NO6. The standard InChI is InChI=1S/C20H23NO6/c22-16(13-5-6-17-18(9-13)26-8-7-25-17)12-27-20(24)14-10-19(23)21(11-14)15-3-1-2-4-15/h5-6,9,14-15H,1-4,7-8,10-12H2/t14-/m0/s1. The molecule has 0 unspecified atom stereocenters. The SMILES string of the molecule is O=C(COC(=O)[C@H]1CC(=O)N(C2CCCC2)C1)c1ccc2c(c1)OCCO2. The molecule has 0 aromatic heterocycles. The number of hydrogen-bond donors (Lipinski definition) is 0. The van der Waals surface area contributed by atoms with Crippen molar-refractivity contribution in [1.29, 1.82) is 0 Å². The highest BCUT2D eigenvalue weighted by Crippen LogP contribution is 2.31. The molecule has 1 atom stereocenters. The zero-order valence-electron chi connectivity index (χ0n) is 15.1. The van der Waals surface area contributed by atoms with Crippen LogP contribution in [0.4, 0.5) is 0 Å². The van der Waals surface area contributed by atoms with E-state index in [1.807, 2.05) is 4.90 Å². The van der Waals surface area contributed by atoms with Crippen molar-refractivity contribution in [3.05, 3.63) is 23.8 Å². The zero-order chi connectivity index (χ0) is 18.8. The Balaban J connectivity index is 1.31. The lowest BCUT2D eigenvalue weighted by Crippen LogP contribution is -2.35. The molecule has 144 valence electrons.